The molecule has 4 heteroatoms. The van der Waals surface area contributed by atoms with Crippen molar-refractivity contribution < 1.29 is 19.1 Å². The molecule has 1 aromatic heterocycles. The molecular formula is C7H10O4. The quantitative estimate of drug-likeness (QED) is 0.575. The molecule has 0 unspecified atom stereocenters. The van der Waals surface area contributed by atoms with Crippen molar-refractivity contribution in [3.8, 4) is 5.95 Å². The summed E-state index contributed by atoms with van der Waals surface area (Å²) in [5.74, 6) is -0.278. The van der Waals surface area contributed by atoms with E-state index in [0.717, 1.165) is 0 Å². The van der Waals surface area contributed by atoms with Crippen molar-refractivity contribution in [1.82, 2.24) is 0 Å². The molecule has 1 heterocycles. The lowest BCUT2D eigenvalue weighted by atomic mass is 10.7. The molecule has 0 spiro atoms. The molecule has 4 nitrogen and oxygen atoms in total. The van der Waals surface area contributed by atoms with Crippen molar-refractivity contribution in [3.63, 3.8) is 0 Å². The number of aromatic hydroxyl groups is 1. The third kappa shape index (κ3) is 6.44. The molecule has 62 valence electrons. The zero-order chi connectivity index (χ0) is 8.69. The summed E-state index contributed by atoms with van der Waals surface area (Å²) >= 11 is 0. The van der Waals surface area contributed by atoms with Crippen LogP contribution in [0.5, 0.6) is 5.95 Å². The van der Waals surface area contributed by atoms with Gasteiger partial charge in [0.15, 0.2) is 0 Å². The Morgan fingerprint density at radius 3 is 2.36 bits per heavy atom. The molecule has 0 aliphatic heterocycles. The van der Waals surface area contributed by atoms with Gasteiger partial charge in [-0.15, -0.1) is 0 Å². The molecule has 1 aromatic rings. The molecule has 0 saturated heterocycles. The highest BCUT2D eigenvalue weighted by molar-refractivity contribution is 5.65. The summed E-state index contributed by atoms with van der Waals surface area (Å²) in [6.45, 7) is 1.36. The van der Waals surface area contributed by atoms with Crippen molar-refractivity contribution in [2.45, 2.75) is 6.92 Å². The molecule has 0 aliphatic carbocycles. The predicted molar refractivity (Wildman–Crippen MR) is 38.1 cm³/mol. The minimum atomic E-state index is -0.245. The maximum absolute atomic E-state index is 9.59. The number of methoxy groups -OCH3 is 1. The van der Waals surface area contributed by atoms with Crippen LogP contribution in [0, 0.1) is 0 Å². The van der Waals surface area contributed by atoms with Crippen LogP contribution in [0.25, 0.3) is 0 Å². The molecule has 1 rings (SSSR count). The minimum Gasteiger partial charge on any atom is -0.481 e. The normalized spacial score (nSPS) is 7.82. The number of carbonyl (C=O) groups excluding carboxylic acids is 1. The summed E-state index contributed by atoms with van der Waals surface area (Å²) in [6, 6.07) is 3.09. The number of ether oxygens (including phenoxy) is 1. The predicted octanol–water partition coefficient (Wildman–Crippen LogP) is 1.16. The van der Waals surface area contributed by atoms with Crippen LogP contribution in [0.2, 0.25) is 0 Å². The lowest BCUT2D eigenvalue weighted by Crippen LogP contribution is -1.88. The Morgan fingerprint density at radius 1 is 1.73 bits per heavy atom. The Morgan fingerprint density at radius 2 is 2.27 bits per heavy atom. The van der Waals surface area contributed by atoms with Gasteiger partial charge >= 0.3 is 5.97 Å². The average molecular weight is 158 g/mol. The summed E-state index contributed by atoms with van der Waals surface area (Å²) in [7, 11) is 1.35. The molecule has 0 amide bonds. The van der Waals surface area contributed by atoms with E-state index in [1.807, 2.05) is 0 Å². The van der Waals surface area contributed by atoms with Crippen LogP contribution in [-0.4, -0.2) is 18.2 Å². The number of hydrogen-bond donors (Lipinski definition) is 1. The first-order valence-corrected chi connectivity index (χ1v) is 2.94. The Hall–Kier alpha value is -1.45. The van der Waals surface area contributed by atoms with Crippen LogP contribution in [0.15, 0.2) is 22.8 Å². The van der Waals surface area contributed by atoms with E-state index in [1.165, 1.54) is 26.4 Å². The van der Waals surface area contributed by atoms with Crippen molar-refractivity contribution in [2.75, 3.05) is 7.11 Å². The number of hydrogen-bond acceptors (Lipinski definition) is 4. The van der Waals surface area contributed by atoms with Crippen LogP contribution in [-0.2, 0) is 9.53 Å². The minimum absolute atomic E-state index is 0.0324. The smallest absolute Gasteiger partial charge is 0.302 e. The molecule has 0 bridgehead atoms. The van der Waals surface area contributed by atoms with E-state index < -0.39 is 0 Å². The molecule has 0 atom stereocenters. The van der Waals surface area contributed by atoms with Gasteiger partial charge in [-0.1, -0.05) is 0 Å². The van der Waals surface area contributed by atoms with Crippen LogP contribution >= 0.6 is 0 Å². The third-order valence-electron chi connectivity index (χ3n) is 0.794. The van der Waals surface area contributed by atoms with Crippen molar-refractivity contribution in [3.05, 3.63) is 18.4 Å². The van der Waals surface area contributed by atoms with E-state index in [9.17, 15) is 4.79 Å². The van der Waals surface area contributed by atoms with E-state index in [1.54, 1.807) is 6.07 Å². The Bertz CT molecular complexity index is 190. The Balaban J connectivity index is 0.000000187. The topological polar surface area (TPSA) is 59.7 Å². The SMILES string of the molecule is COC(C)=O.Oc1ccco1. The fourth-order valence-corrected chi connectivity index (χ4v) is 0.270. The monoisotopic (exact) mass is 158 g/mol. The van der Waals surface area contributed by atoms with E-state index in [-0.39, 0.29) is 11.9 Å². The van der Waals surface area contributed by atoms with Gasteiger partial charge in [-0.3, -0.25) is 4.79 Å². The highest BCUT2D eigenvalue weighted by atomic mass is 16.5. The van der Waals surface area contributed by atoms with Crippen molar-refractivity contribution >= 4 is 5.97 Å². The Labute approximate surface area is 64.4 Å². The Kier molecular flexibility index (Phi) is 4.64. The van der Waals surface area contributed by atoms with Crippen LogP contribution < -0.4 is 0 Å². The fraction of sp³-hybridized carbons (Fsp3) is 0.286. The maximum atomic E-state index is 9.59. The van der Waals surface area contributed by atoms with E-state index in [0.29, 0.717) is 0 Å². The first-order chi connectivity index (χ1) is 5.16. The molecule has 1 N–H and O–H groups in total. The first kappa shape index (κ1) is 9.55. The van der Waals surface area contributed by atoms with Crippen LogP contribution in [0.4, 0.5) is 0 Å². The summed E-state index contributed by atoms with van der Waals surface area (Å²) in [5.41, 5.74) is 0. The summed E-state index contributed by atoms with van der Waals surface area (Å²) in [5, 5.41) is 8.31. The highest BCUT2D eigenvalue weighted by Gasteiger charge is 1.79. The van der Waals surface area contributed by atoms with Gasteiger partial charge in [0.2, 0.25) is 0 Å². The summed E-state index contributed by atoms with van der Waals surface area (Å²) in [4.78, 5) is 9.59. The fourth-order valence-electron chi connectivity index (χ4n) is 0.270. The molecule has 0 saturated carbocycles. The largest absolute Gasteiger partial charge is 0.481 e. The van der Waals surface area contributed by atoms with Gasteiger partial charge < -0.3 is 14.3 Å². The molecular weight excluding hydrogens is 148 g/mol. The zero-order valence-electron chi connectivity index (χ0n) is 6.40. The molecule has 0 aliphatic rings. The second-order valence-corrected chi connectivity index (χ2v) is 1.65. The molecule has 0 aromatic carbocycles. The van der Waals surface area contributed by atoms with Gasteiger partial charge in [-0.2, -0.15) is 0 Å². The van der Waals surface area contributed by atoms with Crippen LogP contribution in [0.3, 0.4) is 0 Å². The molecule has 0 radical (unpaired) electrons. The lowest BCUT2D eigenvalue weighted by Gasteiger charge is -1.80. The van der Waals surface area contributed by atoms with E-state index in [4.69, 9.17) is 5.11 Å². The number of rotatable bonds is 0. The average Bonchev–Trinajstić information content (AvgIpc) is 2.41. The van der Waals surface area contributed by atoms with Gasteiger partial charge in [0.05, 0.1) is 13.4 Å². The van der Waals surface area contributed by atoms with E-state index in [2.05, 4.69) is 9.15 Å². The second kappa shape index (κ2) is 5.34. The van der Waals surface area contributed by atoms with Crippen molar-refractivity contribution in [2.24, 2.45) is 0 Å². The standard InChI is InChI=1S/C4H4O2.C3H6O2/c5-4-2-1-3-6-4;1-3(4)5-2/h1-3,5H;1-2H3. The maximum Gasteiger partial charge on any atom is 0.302 e. The number of carbonyl (C=O) groups is 1. The highest BCUT2D eigenvalue weighted by Crippen LogP contribution is 2.04. The molecule has 11 heavy (non-hydrogen) atoms. The van der Waals surface area contributed by atoms with Gasteiger partial charge in [0, 0.05) is 13.0 Å². The second-order valence-electron chi connectivity index (χ2n) is 1.65. The van der Waals surface area contributed by atoms with Crippen LogP contribution in [0.1, 0.15) is 6.92 Å². The van der Waals surface area contributed by atoms with Gasteiger partial charge in [0.25, 0.3) is 5.95 Å². The van der Waals surface area contributed by atoms with E-state index >= 15 is 0 Å². The van der Waals surface area contributed by atoms with Gasteiger partial charge in [0.1, 0.15) is 0 Å². The number of furan rings is 1. The van der Waals surface area contributed by atoms with Gasteiger partial charge in [-0.05, 0) is 6.07 Å². The van der Waals surface area contributed by atoms with Gasteiger partial charge in [-0.25, -0.2) is 0 Å². The molecule has 0 fully saturated rings. The first-order valence-electron chi connectivity index (χ1n) is 2.94. The van der Waals surface area contributed by atoms with Crippen molar-refractivity contribution in [1.29, 1.82) is 0 Å². The zero-order valence-corrected chi connectivity index (χ0v) is 6.40. The summed E-state index contributed by atoms with van der Waals surface area (Å²) < 4.78 is 8.50. The third-order valence-corrected chi connectivity index (χ3v) is 0.794. The number of esters is 1. The lowest BCUT2D eigenvalue weighted by molar-refractivity contribution is -0.137. The summed E-state index contributed by atoms with van der Waals surface area (Å²) in [6.07, 6.45) is 1.41.